The summed E-state index contributed by atoms with van der Waals surface area (Å²) in [5.74, 6) is 1.03. The number of thiophene rings is 1. The molecule has 4 aromatic rings. The van der Waals surface area contributed by atoms with Gasteiger partial charge in [-0.1, -0.05) is 6.07 Å². The van der Waals surface area contributed by atoms with Gasteiger partial charge in [-0.3, -0.25) is 4.98 Å². The van der Waals surface area contributed by atoms with Gasteiger partial charge in [-0.25, -0.2) is 9.97 Å². The fourth-order valence-electron chi connectivity index (χ4n) is 3.56. The van der Waals surface area contributed by atoms with Crippen molar-refractivity contribution in [2.24, 2.45) is 0 Å². The molecule has 0 aliphatic carbocycles. The molecule has 0 atom stereocenters. The van der Waals surface area contributed by atoms with Gasteiger partial charge in [0.15, 0.2) is 0 Å². The van der Waals surface area contributed by atoms with Crippen LogP contribution in [-0.4, -0.2) is 53.1 Å². The Kier molecular flexibility index (Phi) is 5.33. The number of pyridine rings is 2. The van der Waals surface area contributed by atoms with Gasteiger partial charge < -0.3 is 9.80 Å². The molecule has 151 valence electrons. The first kappa shape index (κ1) is 19.4. The second-order valence-corrected chi connectivity index (χ2v) is 9.41. The van der Waals surface area contributed by atoms with E-state index < -0.39 is 0 Å². The third-order valence-electron chi connectivity index (χ3n) is 5.36. The van der Waals surface area contributed by atoms with Crippen LogP contribution in [0.2, 0.25) is 0 Å². The van der Waals surface area contributed by atoms with E-state index in [1.165, 1.54) is 0 Å². The zero-order valence-electron chi connectivity index (χ0n) is 17.0. The third kappa shape index (κ3) is 4.01. The van der Waals surface area contributed by atoms with Gasteiger partial charge in [0.1, 0.15) is 5.82 Å². The van der Waals surface area contributed by atoms with Crippen molar-refractivity contribution in [1.82, 2.24) is 19.9 Å². The lowest BCUT2D eigenvalue weighted by Crippen LogP contribution is -2.44. The predicted octanol–water partition coefficient (Wildman–Crippen LogP) is 4.86. The number of piperazine rings is 1. The average Bonchev–Trinajstić information content (AvgIpc) is 3.44. The Labute approximate surface area is 184 Å². The van der Waals surface area contributed by atoms with Crippen LogP contribution < -0.4 is 4.90 Å². The third-order valence-corrected chi connectivity index (χ3v) is 7.00. The molecular formula is C23H22N5S2. The summed E-state index contributed by atoms with van der Waals surface area (Å²) in [7, 11) is 2.17. The van der Waals surface area contributed by atoms with Gasteiger partial charge in [-0.2, -0.15) is 0 Å². The van der Waals surface area contributed by atoms with E-state index >= 15 is 0 Å². The Morgan fingerprint density at radius 1 is 0.967 bits per heavy atom. The zero-order chi connectivity index (χ0) is 20.5. The van der Waals surface area contributed by atoms with Gasteiger partial charge in [0.25, 0.3) is 0 Å². The molecule has 0 bridgehead atoms. The number of hydrogen-bond donors (Lipinski definition) is 0. The molecule has 4 aromatic heterocycles. The Hall–Kier alpha value is -2.61. The molecule has 1 fully saturated rings. The van der Waals surface area contributed by atoms with Crippen molar-refractivity contribution >= 4 is 28.5 Å². The van der Waals surface area contributed by atoms with Crippen LogP contribution in [0.15, 0.2) is 48.1 Å². The summed E-state index contributed by atoms with van der Waals surface area (Å²) in [6.45, 7) is 6.18. The molecule has 5 heterocycles. The summed E-state index contributed by atoms with van der Waals surface area (Å²) in [6.07, 6.45) is 3.81. The van der Waals surface area contributed by atoms with Gasteiger partial charge >= 0.3 is 0 Å². The van der Waals surface area contributed by atoms with E-state index in [2.05, 4.69) is 61.8 Å². The van der Waals surface area contributed by atoms with Crippen molar-refractivity contribution in [3.05, 3.63) is 58.5 Å². The molecule has 0 aromatic carbocycles. The molecule has 5 nitrogen and oxygen atoms in total. The lowest BCUT2D eigenvalue weighted by molar-refractivity contribution is 0.312. The second-order valence-electron chi connectivity index (χ2n) is 7.50. The molecule has 0 spiro atoms. The van der Waals surface area contributed by atoms with Crippen LogP contribution in [0.4, 0.5) is 5.82 Å². The number of rotatable bonds is 4. The Morgan fingerprint density at radius 2 is 1.83 bits per heavy atom. The monoisotopic (exact) mass is 432 g/mol. The molecule has 1 aliphatic heterocycles. The fourth-order valence-corrected chi connectivity index (χ4v) is 5.03. The predicted molar refractivity (Wildman–Crippen MR) is 125 cm³/mol. The van der Waals surface area contributed by atoms with Crippen LogP contribution in [0.25, 0.3) is 33.0 Å². The molecule has 1 radical (unpaired) electrons. The quantitative estimate of drug-likeness (QED) is 0.461. The standard InChI is InChI=1S/C23H22N5S2/c1-16-26-21(15-29-16)22-11-19(14-30-22)18-3-4-20(25-13-18)17-5-6-24-23(12-17)28-9-7-27(2)8-10-28/h3-6,11-13,15H,7-10H2,1-2H3. The highest BCUT2D eigenvalue weighted by Gasteiger charge is 2.16. The number of thiazole rings is 1. The van der Waals surface area contributed by atoms with Gasteiger partial charge in [-0.05, 0) is 38.2 Å². The summed E-state index contributed by atoms with van der Waals surface area (Å²) < 4.78 is 0. The maximum absolute atomic E-state index is 4.73. The minimum absolute atomic E-state index is 0.960. The summed E-state index contributed by atoms with van der Waals surface area (Å²) in [5.41, 5.74) is 5.22. The van der Waals surface area contributed by atoms with Crippen molar-refractivity contribution in [2.75, 3.05) is 38.1 Å². The molecule has 0 amide bonds. The van der Waals surface area contributed by atoms with Crippen molar-refractivity contribution < 1.29 is 0 Å². The van der Waals surface area contributed by atoms with E-state index in [1.54, 1.807) is 22.7 Å². The topological polar surface area (TPSA) is 45.2 Å². The molecular weight excluding hydrogens is 410 g/mol. The largest absolute Gasteiger partial charge is 0.354 e. The summed E-state index contributed by atoms with van der Waals surface area (Å²) in [5, 5.41) is 6.57. The van der Waals surface area contributed by atoms with Crippen molar-refractivity contribution in [3.8, 4) is 33.0 Å². The summed E-state index contributed by atoms with van der Waals surface area (Å²) in [6, 6.07) is 10.5. The highest BCUT2D eigenvalue weighted by atomic mass is 32.1. The Bertz CT molecular complexity index is 1140. The van der Waals surface area contributed by atoms with Crippen LogP contribution in [0.3, 0.4) is 0 Å². The smallest absolute Gasteiger partial charge is 0.129 e. The second kappa shape index (κ2) is 8.26. The van der Waals surface area contributed by atoms with E-state index in [-0.39, 0.29) is 0 Å². The number of aromatic nitrogens is 3. The minimum atomic E-state index is 0.960. The number of anilines is 1. The number of nitrogens with zero attached hydrogens (tertiary/aromatic N) is 5. The number of hydrogen-bond acceptors (Lipinski definition) is 7. The van der Waals surface area contributed by atoms with Crippen LogP contribution in [0, 0.1) is 12.3 Å². The van der Waals surface area contributed by atoms with Gasteiger partial charge in [0.2, 0.25) is 0 Å². The first-order valence-corrected chi connectivity index (χ1v) is 11.7. The van der Waals surface area contributed by atoms with Crippen LogP contribution in [0.5, 0.6) is 0 Å². The van der Waals surface area contributed by atoms with E-state index in [1.807, 2.05) is 25.4 Å². The normalized spacial score (nSPS) is 14.9. The molecule has 30 heavy (non-hydrogen) atoms. The first-order chi connectivity index (χ1) is 14.7. The zero-order valence-corrected chi connectivity index (χ0v) is 18.6. The maximum Gasteiger partial charge on any atom is 0.129 e. The molecule has 1 saturated heterocycles. The highest BCUT2D eigenvalue weighted by Crippen LogP contribution is 2.33. The molecule has 7 heteroatoms. The average molecular weight is 433 g/mol. The molecule has 0 unspecified atom stereocenters. The van der Waals surface area contributed by atoms with E-state index in [0.717, 1.165) is 70.0 Å². The fraction of sp³-hybridized carbons (Fsp3) is 0.261. The van der Waals surface area contributed by atoms with Crippen LogP contribution >= 0.6 is 22.7 Å². The van der Waals surface area contributed by atoms with Crippen molar-refractivity contribution in [2.45, 2.75) is 6.92 Å². The number of aryl methyl sites for hydroxylation is 1. The number of likely N-dealkylation sites (N-methyl/N-ethyl adjacent to an activating group) is 1. The van der Waals surface area contributed by atoms with E-state index in [0.29, 0.717) is 0 Å². The van der Waals surface area contributed by atoms with Crippen LogP contribution in [0.1, 0.15) is 5.01 Å². The first-order valence-electron chi connectivity index (χ1n) is 9.96. The van der Waals surface area contributed by atoms with E-state index in [4.69, 9.17) is 4.98 Å². The van der Waals surface area contributed by atoms with Gasteiger partial charge in [0, 0.05) is 60.6 Å². The van der Waals surface area contributed by atoms with Crippen molar-refractivity contribution in [3.63, 3.8) is 0 Å². The van der Waals surface area contributed by atoms with Gasteiger partial charge in [-0.15, -0.1) is 22.7 Å². The molecule has 0 N–H and O–H groups in total. The SMILES string of the molecule is Cc1nc(-c2cc(-c3ccc(-c4ccnc(N5CCN(C)CC5)c4)nc3)[c]s2)cs1. The highest BCUT2D eigenvalue weighted by molar-refractivity contribution is 7.14. The van der Waals surface area contributed by atoms with E-state index in [9.17, 15) is 0 Å². The maximum atomic E-state index is 4.73. The lowest BCUT2D eigenvalue weighted by atomic mass is 10.1. The minimum Gasteiger partial charge on any atom is -0.354 e. The molecule has 1 aliphatic rings. The van der Waals surface area contributed by atoms with Crippen LogP contribution in [-0.2, 0) is 0 Å². The summed E-state index contributed by atoms with van der Waals surface area (Å²) >= 11 is 3.28. The Morgan fingerprint density at radius 3 is 2.57 bits per heavy atom. The molecule has 0 saturated carbocycles. The summed E-state index contributed by atoms with van der Waals surface area (Å²) in [4.78, 5) is 19.7. The molecule has 5 rings (SSSR count). The van der Waals surface area contributed by atoms with Gasteiger partial charge in [0.05, 0.1) is 26.7 Å². The Balaban J connectivity index is 1.35. The van der Waals surface area contributed by atoms with Crippen molar-refractivity contribution in [1.29, 1.82) is 0 Å². The lowest BCUT2D eigenvalue weighted by Gasteiger charge is -2.33.